The minimum atomic E-state index is -0.316. The zero-order valence-electron chi connectivity index (χ0n) is 13.0. The van der Waals surface area contributed by atoms with Crippen LogP contribution in [0.4, 0.5) is 4.79 Å². The van der Waals surface area contributed by atoms with Crippen LogP contribution in [0.25, 0.3) is 0 Å². The predicted molar refractivity (Wildman–Crippen MR) is 78.8 cm³/mol. The number of hydrogen-bond acceptors (Lipinski definition) is 3. The van der Waals surface area contributed by atoms with E-state index in [1.807, 2.05) is 6.92 Å². The van der Waals surface area contributed by atoms with Crippen LogP contribution in [0, 0.1) is 0 Å². The maximum atomic E-state index is 12.2. The van der Waals surface area contributed by atoms with Gasteiger partial charge in [-0.3, -0.25) is 0 Å². The first-order valence-electron chi connectivity index (χ1n) is 7.97. The summed E-state index contributed by atoms with van der Waals surface area (Å²) in [4.78, 5) is 25.5. The molecule has 3 N–H and O–H groups in total. The van der Waals surface area contributed by atoms with Crippen molar-refractivity contribution in [1.29, 1.82) is 0 Å². The average Bonchev–Trinajstić information content (AvgIpc) is 2.47. The molecule has 1 fully saturated rings. The number of carbonyl (C=O) groups is 2. The van der Waals surface area contributed by atoms with Crippen LogP contribution < -0.4 is 15.5 Å². The third-order valence-electron chi connectivity index (χ3n) is 4.13. The summed E-state index contributed by atoms with van der Waals surface area (Å²) in [6.45, 7) is 6.98. The standard InChI is InChI=1S/C15H25N3O3/c1-3-11-13(14(19)21-4-2)12(17-15(20)16-11)10-18-8-6-5-7-9-18/h11H,3-10H2,1-2H3,(H2,16,17,20)/p+1/t11-/m0/s1. The van der Waals surface area contributed by atoms with Gasteiger partial charge in [-0.05, 0) is 32.6 Å². The second-order valence-electron chi connectivity index (χ2n) is 5.66. The Labute approximate surface area is 125 Å². The zero-order valence-corrected chi connectivity index (χ0v) is 13.0. The van der Waals surface area contributed by atoms with Crippen molar-refractivity contribution < 1.29 is 19.2 Å². The molecule has 0 bridgehead atoms. The van der Waals surface area contributed by atoms with Gasteiger partial charge in [-0.2, -0.15) is 0 Å². The lowest BCUT2D eigenvalue weighted by Gasteiger charge is -2.31. The molecule has 0 aliphatic carbocycles. The molecule has 21 heavy (non-hydrogen) atoms. The fourth-order valence-electron chi connectivity index (χ4n) is 3.08. The van der Waals surface area contributed by atoms with Gasteiger partial charge in [0.1, 0.15) is 6.54 Å². The number of nitrogens with one attached hydrogen (secondary N) is 3. The van der Waals surface area contributed by atoms with Crippen LogP contribution in [0.2, 0.25) is 0 Å². The van der Waals surface area contributed by atoms with Gasteiger partial charge in [0.15, 0.2) is 0 Å². The highest BCUT2D eigenvalue weighted by Gasteiger charge is 2.33. The first-order chi connectivity index (χ1) is 10.2. The number of hydrogen-bond donors (Lipinski definition) is 3. The molecule has 0 aromatic heterocycles. The summed E-state index contributed by atoms with van der Waals surface area (Å²) >= 11 is 0. The van der Waals surface area contributed by atoms with Crippen LogP contribution in [0.15, 0.2) is 11.3 Å². The molecular formula is C15H26N3O3+. The number of piperidine rings is 1. The Morgan fingerprint density at radius 1 is 1.29 bits per heavy atom. The van der Waals surface area contributed by atoms with E-state index < -0.39 is 0 Å². The van der Waals surface area contributed by atoms with Gasteiger partial charge in [0, 0.05) is 0 Å². The Bertz CT molecular complexity index is 428. The summed E-state index contributed by atoms with van der Waals surface area (Å²) in [5.41, 5.74) is 1.33. The van der Waals surface area contributed by atoms with Crippen LogP contribution in [0.1, 0.15) is 39.5 Å². The normalized spacial score (nSPS) is 23.5. The van der Waals surface area contributed by atoms with E-state index in [9.17, 15) is 9.59 Å². The molecule has 0 saturated carbocycles. The fourth-order valence-corrected chi connectivity index (χ4v) is 3.08. The summed E-state index contributed by atoms with van der Waals surface area (Å²) in [7, 11) is 0. The molecule has 6 nitrogen and oxygen atoms in total. The lowest BCUT2D eigenvalue weighted by Crippen LogP contribution is -3.13. The number of amides is 2. The van der Waals surface area contributed by atoms with Gasteiger partial charge < -0.3 is 20.3 Å². The highest BCUT2D eigenvalue weighted by molar-refractivity contribution is 5.94. The molecule has 0 aromatic rings. The van der Waals surface area contributed by atoms with Crippen molar-refractivity contribution in [3.8, 4) is 0 Å². The van der Waals surface area contributed by atoms with Crippen molar-refractivity contribution in [2.24, 2.45) is 0 Å². The number of ether oxygens (including phenoxy) is 1. The van der Waals surface area contributed by atoms with Crippen LogP contribution in [-0.4, -0.2) is 44.3 Å². The molecule has 2 rings (SSSR count). The monoisotopic (exact) mass is 296 g/mol. The van der Waals surface area contributed by atoms with E-state index in [1.54, 1.807) is 6.92 Å². The Morgan fingerprint density at radius 3 is 2.62 bits per heavy atom. The van der Waals surface area contributed by atoms with E-state index in [0.29, 0.717) is 25.1 Å². The molecule has 118 valence electrons. The average molecular weight is 296 g/mol. The Hall–Kier alpha value is -1.56. The largest absolute Gasteiger partial charge is 0.463 e. The molecule has 2 aliphatic heterocycles. The molecule has 0 radical (unpaired) electrons. The smallest absolute Gasteiger partial charge is 0.338 e. The summed E-state index contributed by atoms with van der Waals surface area (Å²) in [6.07, 6.45) is 4.38. The van der Waals surface area contributed by atoms with Gasteiger partial charge in [-0.15, -0.1) is 0 Å². The fraction of sp³-hybridized carbons (Fsp3) is 0.733. The lowest BCUT2D eigenvalue weighted by atomic mass is 9.99. The molecule has 1 atom stereocenters. The third kappa shape index (κ3) is 3.97. The van der Waals surface area contributed by atoms with Crippen molar-refractivity contribution >= 4 is 12.0 Å². The molecule has 2 heterocycles. The molecular weight excluding hydrogens is 270 g/mol. The van der Waals surface area contributed by atoms with Crippen molar-refractivity contribution in [3.63, 3.8) is 0 Å². The highest BCUT2D eigenvalue weighted by atomic mass is 16.5. The highest BCUT2D eigenvalue weighted by Crippen LogP contribution is 2.16. The van der Waals surface area contributed by atoms with Gasteiger partial charge in [0.05, 0.1) is 37.0 Å². The quantitative estimate of drug-likeness (QED) is 0.624. The molecule has 2 amide bonds. The Kier molecular flexibility index (Phi) is 5.61. The molecule has 0 unspecified atom stereocenters. The molecule has 1 saturated heterocycles. The number of likely N-dealkylation sites (tertiary alicyclic amines) is 1. The number of carbonyl (C=O) groups excluding carboxylic acids is 2. The first kappa shape index (κ1) is 15.8. The van der Waals surface area contributed by atoms with Crippen LogP contribution >= 0.6 is 0 Å². The van der Waals surface area contributed by atoms with Gasteiger partial charge in [0.2, 0.25) is 0 Å². The third-order valence-corrected chi connectivity index (χ3v) is 4.13. The molecule has 2 aliphatic rings. The van der Waals surface area contributed by atoms with E-state index >= 15 is 0 Å². The van der Waals surface area contributed by atoms with Gasteiger partial charge in [-0.1, -0.05) is 6.92 Å². The van der Waals surface area contributed by atoms with Crippen LogP contribution in [0.3, 0.4) is 0 Å². The number of esters is 1. The van der Waals surface area contributed by atoms with Crippen LogP contribution in [0.5, 0.6) is 0 Å². The number of rotatable bonds is 5. The first-order valence-corrected chi connectivity index (χ1v) is 7.97. The molecule has 0 aromatic carbocycles. The summed E-state index contributed by atoms with van der Waals surface area (Å²) in [6, 6.07) is -0.474. The van der Waals surface area contributed by atoms with Gasteiger partial charge >= 0.3 is 12.0 Å². The Balaban J connectivity index is 2.22. The van der Waals surface area contributed by atoms with E-state index in [-0.39, 0.29) is 18.0 Å². The maximum absolute atomic E-state index is 12.2. The predicted octanol–water partition coefficient (Wildman–Crippen LogP) is -0.0362. The lowest BCUT2D eigenvalue weighted by molar-refractivity contribution is -0.900. The summed E-state index contributed by atoms with van der Waals surface area (Å²) in [5.74, 6) is -0.316. The minimum Gasteiger partial charge on any atom is -0.463 e. The van der Waals surface area contributed by atoms with Crippen LogP contribution in [-0.2, 0) is 9.53 Å². The molecule has 6 heteroatoms. The minimum absolute atomic E-state index is 0.221. The van der Waals surface area contributed by atoms with Crippen molar-refractivity contribution in [3.05, 3.63) is 11.3 Å². The van der Waals surface area contributed by atoms with E-state index in [1.165, 1.54) is 24.2 Å². The van der Waals surface area contributed by atoms with Gasteiger partial charge in [0.25, 0.3) is 0 Å². The zero-order chi connectivity index (χ0) is 15.2. The maximum Gasteiger partial charge on any atom is 0.338 e. The van der Waals surface area contributed by atoms with Gasteiger partial charge in [-0.25, -0.2) is 9.59 Å². The van der Waals surface area contributed by atoms with E-state index in [0.717, 1.165) is 18.8 Å². The second-order valence-corrected chi connectivity index (χ2v) is 5.66. The number of urea groups is 1. The number of quaternary nitrogens is 1. The van der Waals surface area contributed by atoms with E-state index in [2.05, 4.69) is 10.6 Å². The summed E-state index contributed by atoms with van der Waals surface area (Å²) < 4.78 is 5.17. The van der Waals surface area contributed by atoms with E-state index in [4.69, 9.17) is 4.74 Å². The van der Waals surface area contributed by atoms with Crippen molar-refractivity contribution in [2.45, 2.75) is 45.6 Å². The SMILES string of the molecule is CCOC(=O)C1=C(C[NH+]2CCCCC2)NC(=O)N[C@H]1CC. The molecule has 0 spiro atoms. The topological polar surface area (TPSA) is 71.9 Å². The Morgan fingerprint density at radius 2 is 2.00 bits per heavy atom. The second kappa shape index (κ2) is 7.45. The van der Waals surface area contributed by atoms with Crippen molar-refractivity contribution in [2.75, 3.05) is 26.2 Å². The van der Waals surface area contributed by atoms with Crippen molar-refractivity contribution in [1.82, 2.24) is 10.6 Å². The summed E-state index contributed by atoms with van der Waals surface area (Å²) in [5, 5.41) is 5.63.